The molecule has 0 aromatic heterocycles. The molecule has 0 aliphatic carbocycles. The molecular weight excluding hydrogens is 287 g/mol. The Bertz CT molecular complexity index is 565. The normalized spacial score (nSPS) is 12.0. The van der Waals surface area contributed by atoms with Gasteiger partial charge in [0.15, 0.2) is 5.78 Å². The Morgan fingerprint density at radius 1 is 0.826 bits per heavy atom. The Kier molecular flexibility index (Phi) is 7.51. The van der Waals surface area contributed by atoms with Crippen molar-refractivity contribution >= 4 is 5.78 Å². The summed E-state index contributed by atoms with van der Waals surface area (Å²) in [6.07, 6.45) is 4.32. The number of hydrogen-bond donors (Lipinski definition) is 0. The fraction of sp³-hybridized carbons (Fsp3) is 0.381. The van der Waals surface area contributed by atoms with E-state index in [9.17, 15) is 9.18 Å². The summed E-state index contributed by atoms with van der Waals surface area (Å²) in [5.41, 5.74) is 2.03. The fourth-order valence-electron chi connectivity index (χ4n) is 2.74. The summed E-state index contributed by atoms with van der Waals surface area (Å²) in [5, 5.41) is 0. The Morgan fingerprint density at radius 3 is 2.13 bits per heavy atom. The lowest BCUT2D eigenvalue weighted by atomic mass is 10.0. The van der Waals surface area contributed by atoms with Crippen LogP contribution < -0.4 is 0 Å². The highest BCUT2D eigenvalue weighted by atomic mass is 19.1. The molecule has 0 unspecified atom stereocenters. The standard InChI is InChI=1S/C21H25FO/c22-20(16-9-12-18-10-3-1-4-11-18)15-7-8-17-21(23)19-13-5-2-6-14-19/h1-6,10-11,13-14,20H,7-9,12,15-17H2/t20-/m1/s1. The molecule has 0 aliphatic rings. The van der Waals surface area contributed by atoms with Crippen LogP contribution >= 0.6 is 0 Å². The van der Waals surface area contributed by atoms with Crippen LogP contribution in [0.5, 0.6) is 0 Å². The lowest BCUT2D eigenvalue weighted by molar-refractivity contribution is 0.0978. The van der Waals surface area contributed by atoms with Gasteiger partial charge in [0, 0.05) is 12.0 Å². The minimum Gasteiger partial charge on any atom is -0.294 e. The average Bonchev–Trinajstić information content (AvgIpc) is 2.60. The fourth-order valence-corrected chi connectivity index (χ4v) is 2.74. The molecule has 0 saturated heterocycles. The van der Waals surface area contributed by atoms with Crippen molar-refractivity contribution in [3.8, 4) is 0 Å². The lowest BCUT2D eigenvalue weighted by Gasteiger charge is -2.08. The molecule has 2 heteroatoms. The molecule has 122 valence electrons. The molecule has 2 aromatic carbocycles. The molecular formula is C21H25FO. The molecule has 0 bridgehead atoms. The summed E-state index contributed by atoms with van der Waals surface area (Å²) in [4.78, 5) is 11.9. The molecule has 0 amide bonds. The molecule has 2 aromatic rings. The molecule has 0 heterocycles. The minimum atomic E-state index is -0.745. The van der Waals surface area contributed by atoms with Crippen LogP contribution in [0.3, 0.4) is 0 Å². The van der Waals surface area contributed by atoms with Crippen LogP contribution in [0, 0.1) is 0 Å². The van der Waals surface area contributed by atoms with E-state index in [0.29, 0.717) is 19.3 Å². The number of benzene rings is 2. The van der Waals surface area contributed by atoms with Crippen LogP contribution in [0.25, 0.3) is 0 Å². The van der Waals surface area contributed by atoms with Crippen molar-refractivity contribution in [1.29, 1.82) is 0 Å². The van der Waals surface area contributed by atoms with Gasteiger partial charge in [-0.1, -0.05) is 67.1 Å². The number of ketones is 1. The molecule has 1 nitrogen and oxygen atoms in total. The van der Waals surface area contributed by atoms with Crippen LogP contribution in [-0.4, -0.2) is 12.0 Å². The van der Waals surface area contributed by atoms with Gasteiger partial charge in [0.25, 0.3) is 0 Å². The highest BCUT2D eigenvalue weighted by Gasteiger charge is 2.08. The molecule has 2 rings (SSSR count). The third kappa shape index (κ3) is 6.77. The van der Waals surface area contributed by atoms with E-state index < -0.39 is 6.17 Å². The van der Waals surface area contributed by atoms with E-state index >= 15 is 0 Å². The van der Waals surface area contributed by atoms with Crippen LogP contribution in [0.15, 0.2) is 60.7 Å². The van der Waals surface area contributed by atoms with Crippen molar-refractivity contribution in [2.75, 3.05) is 0 Å². The highest BCUT2D eigenvalue weighted by Crippen LogP contribution is 2.15. The summed E-state index contributed by atoms with van der Waals surface area (Å²) in [7, 11) is 0. The lowest BCUT2D eigenvalue weighted by Crippen LogP contribution is -2.03. The largest absolute Gasteiger partial charge is 0.294 e. The number of rotatable bonds is 10. The molecule has 0 radical (unpaired) electrons. The highest BCUT2D eigenvalue weighted by molar-refractivity contribution is 5.95. The van der Waals surface area contributed by atoms with E-state index in [1.54, 1.807) is 0 Å². The van der Waals surface area contributed by atoms with Crippen LogP contribution in [0.1, 0.15) is 54.4 Å². The van der Waals surface area contributed by atoms with Crippen molar-refractivity contribution in [3.63, 3.8) is 0 Å². The second-order valence-electron chi connectivity index (χ2n) is 6.01. The van der Waals surface area contributed by atoms with E-state index in [1.165, 1.54) is 5.56 Å². The second-order valence-corrected chi connectivity index (χ2v) is 6.01. The zero-order valence-corrected chi connectivity index (χ0v) is 13.6. The van der Waals surface area contributed by atoms with Crippen molar-refractivity contribution in [3.05, 3.63) is 71.8 Å². The van der Waals surface area contributed by atoms with Crippen LogP contribution in [0.4, 0.5) is 4.39 Å². The number of unbranched alkanes of at least 4 members (excludes halogenated alkanes) is 1. The van der Waals surface area contributed by atoms with E-state index in [0.717, 1.165) is 31.2 Å². The summed E-state index contributed by atoms with van der Waals surface area (Å²) in [6, 6.07) is 19.5. The predicted octanol–water partition coefficient (Wildman–Crippen LogP) is 5.79. The zero-order chi connectivity index (χ0) is 16.3. The molecule has 0 N–H and O–H groups in total. The number of hydrogen-bond acceptors (Lipinski definition) is 1. The number of alkyl halides is 1. The number of Topliss-reactive ketones (excluding diaryl/α,β-unsaturated/α-hetero) is 1. The van der Waals surface area contributed by atoms with Gasteiger partial charge in [-0.25, -0.2) is 4.39 Å². The van der Waals surface area contributed by atoms with E-state index in [4.69, 9.17) is 0 Å². The van der Waals surface area contributed by atoms with Gasteiger partial charge in [0.1, 0.15) is 6.17 Å². The van der Waals surface area contributed by atoms with Crippen LogP contribution in [-0.2, 0) is 6.42 Å². The third-order valence-corrected chi connectivity index (χ3v) is 4.09. The number of halogens is 1. The van der Waals surface area contributed by atoms with Gasteiger partial charge in [-0.3, -0.25) is 4.79 Å². The van der Waals surface area contributed by atoms with Gasteiger partial charge >= 0.3 is 0 Å². The van der Waals surface area contributed by atoms with Gasteiger partial charge in [-0.15, -0.1) is 0 Å². The maximum absolute atomic E-state index is 13.9. The Hall–Kier alpha value is -1.96. The van der Waals surface area contributed by atoms with Crippen molar-refractivity contribution in [1.82, 2.24) is 0 Å². The smallest absolute Gasteiger partial charge is 0.162 e. The average molecular weight is 312 g/mol. The first kappa shape index (κ1) is 17.4. The monoisotopic (exact) mass is 312 g/mol. The van der Waals surface area contributed by atoms with Crippen molar-refractivity contribution < 1.29 is 9.18 Å². The zero-order valence-electron chi connectivity index (χ0n) is 13.6. The summed E-state index contributed by atoms with van der Waals surface area (Å²) in [5.74, 6) is 0.157. The first-order chi connectivity index (χ1) is 11.3. The Morgan fingerprint density at radius 2 is 1.43 bits per heavy atom. The van der Waals surface area contributed by atoms with Crippen molar-refractivity contribution in [2.45, 2.75) is 51.1 Å². The van der Waals surface area contributed by atoms with E-state index in [2.05, 4.69) is 12.1 Å². The number of aryl methyl sites for hydroxylation is 1. The minimum absolute atomic E-state index is 0.157. The molecule has 0 saturated carbocycles. The molecule has 0 aliphatic heterocycles. The number of carbonyl (C=O) groups is 1. The SMILES string of the molecule is O=C(CCCC[C@@H](F)CCCc1ccccc1)c1ccccc1. The van der Waals surface area contributed by atoms with Gasteiger partial charge in [-0.05, 0) is 37.7 Å². The Balaban J connectivity index is 1.54. The molecule has 23 heavy (non-hydrogen) atoms. The molecule has 0 spiro atoms. The van der Waals surface area contributed by atoms with E-state index in [-0.39, 0.29) is 5.78 Å². The first-order valence-corrected chi connectivity index (χ1v) is 8.52. The van der Waals surface area contributed by atoms with Crippen molar-refractivity contribution in [2.24, 2.45) is 0 Å². The molecule has 1 atom stereocenters. The third-order valence-electron chi connectivity index (χ3n) is 4.09. The van der Waals surface area contributed by atoms with Gasteiger partial charge in [0.2, 0.25) is 0 Å². The van der Waals surface area contributed by atoms with E-state index in [1.807, 2.05) is 48.5 Å². The summed E-state index contributed by atoms with van der Waals surface area (Å²) >= 11 is 0. The first-order valence-electron chi connectivity index (χ1n) is 8.52. The van der Waals surface area contributed by atoms with Gasteiger partial charge in [-0.2, -0.15) is 0 Å². The van der Waals surface area contributed by atoms with Gasteiger partial charge in [0.05, 0.1) is 0 Å². The van der Waals surface area contributed by atoms with Gasteiger partial charge < -0.3 is 0 Å². The second kappa shape index (κ2) is 9.94. The number of carbonyl (C=O) groups excluding carboxylic acids is 1. The maximum Gasteiger partial charge on any atom is 0.162 e. The topological polar surface area (TPSA) is 17.1 Å². The van der Waals surface area contributed by atoms with Crippen LogP contribution in [0.2, 0.25) is 0 Å². The quantitative estimate of drug-likeness (QED) is 0.401. The molecule has 0 fully saturated rings. The maximum atomic E-state index is 13.9. The summed E-state index contributed by atoms with van der Waals surface area (Å²) in [6.45, 7) is 0. The Labute approximate surface area is 138 Å². The predicted molar refractivity (Wildman–Crippen MR) is 93.5 cm³/mol. The summed E-state index contributed by atoms with van der Waals surface area (Å²) < 4.78 is 13.9.